The summed E-state index contributed by atoms with van der Waals surface area (Å²) in [6.07, 6.45) is 2.83. The van der Waals surface area contributed by atoms with Crippen molar-refractivity contribution in [3.8, 4) is 0 Å². The second-order valence-corrected chi connectivity index (χ2v) is 7.46. The molecule has 0 aromatic heterocycles. The lowest BCUT2D eigenvalue weighted by molar-refractivity contribution is 0.346. The van der Waals surface area contributed by atoms with Crippen LogP contribution in [0.25, 0.3) is 0 Å². The Morgan fingerprint density at radius 3 is 2.26 bits per heavy atom. The van der Waals surface area contributed by atoms with Crippen LogP contribution in [0.15, 0.2) is 17.0 Å². The van der Waals surface area contributed by atoms with Gasteiger partial charge in [-0.1, -0.05) is 29.6 Å². The lowest BCUT2D eigenvalue weighted by atomic mass is 10.2. The largest absolute Gasteiger partial charge is 0.244 e. The fourth-order valence-corrected chi connectivity index (χ4v) is 4.76. The number of hydrogen-bond donors (Lipinski definition) is 0. The van der Waals surface area contributed by atoms with Gasteiger partial charge in [-0.15, -0.1) is 11.6 Å². The molecule has 1 fully saturated rings. The van der Waals surface area contributed by atoms with Gasteiger partial charge in [-0.05, 0) is 30.5 Å². The summed E-state index contributed by atoms with van der Waals surface area (Å²) in [6, 6.07) is 2.92. The van der Waals surface area contributed by atoms with Crippen LogP contribution in [0.2, 0.25) is 10.0 Å². The van der Waals surface area contributed by atoms with Gasteiger partial charge in [0.15, 0.2) is 0 Å². The van der Waals surface area contributed by atoms with Crippen molar-refractivity contribution in [2.24, 2.45) is 0 Å². The maximum absolute atomic E-state index is 12.5. The quantitative estimate of drug-likeness (QED) is 0.781. The summed E-state index contributed by atoms with van der Waals surface area (Å²) in [6.45, 7) is 1.08. The predicted molar refractivity (Wildman–Crippen MR) is 78.6 cm³/mol. The van der Waals surface area contributed by atoms with Crippen molar-refractivity contribution in [3.63, 3.8) is 0 Å². The standard InChI is InChI=1S/C12H14Cl3NO2S/c13-8-9-6-12(11(15)7-10(9)14)19(17,18)16-4-2-1-3-5-16/h6-7H,1-5,8H2. The van der Waals surface area contributed by atoms with Crippen molar-refractivity contribution < 1.29 is 8.42 Å². The number of halogens is 3. The molecule has 3 nitrogen and oxygen atoms in total. The van der Waals surface area contributed by atoms with Crippen molar-refractivity contribution >= 4 is 44.8 Å². The van der Waals surface area contributed by atoms with Gasteiger partial charge in [0.1, 0.15) is 4.90 Å². The minimum atomic E-state index is -3.56. The van der Waals surface area contributed by atoms with Gasteiger partial charge in [0.2, 0.25) is 10.0 Å². The Hall–Kier alpha value is -0.000000000000000132. The SMILES string of the molecule is O=S(=O)(c1cc(CCl)c(Cl)cc1Cl)N1CCCCC1. The summed E-state index contributed by atoms with van der Waals surface area (Å²) in [4.78, 5) is 0.0936. The molecule has 0 saturated carbocycles. The predicted octanol–water partition coefficient (Wildman–Crippen LogP) is 3.91. The third-order valence-electron chi connectivity index (χ3n) is 3.18. The van der Waals surface area contributed by atoms with Gasteiger partial charge < -0.3 is 0 Å². The van der Waals surface area contributed by atoms with Crippen LogP contribution in [-0.4, -0.2) is 25.8 Å². The van der Waals surface area contributed by atoms with Crippen LogP contribution in [0.5, 0.6) is 0 Å². The van der Waals surface area contributed by atoms with Gasteiger partial charge in [-0.2, -0.15) is 4.31 Å². The molecule has 0 atom stereocenters. The van der Waals surface area contributed by atoms with Gasteiger partial charge in [0.25, 0.3) is 0 Å². The summed E-state index contributed by atoms with van der Waals surface area (Å²) in [5, 5.41) is 0.530. The molecule has 1 aromatic carbocycles. The highest BCUT2D eigenvalue weighted by Crippen LogP contribution is 2.32. The zero-order valence-corrected chi connectivity index (χ0v) is 13.3. The summed E-state index contributed by atoms with van der Waals surface area (Å²) < 4.78 is 26.6. The molecule has 0 spiro atoms. The molecule has 1 aromatic rings. The molecule has 1 aliphatic heterocycles. The summed E-state index contributed by atoms with van der Waals surface area (Å²) >= 11 is 17.7. The van der Waals surface area contributed by atoms with E-state index >= 15 is 0 Å². The lowest BCUT2D eigenvalue weighted by Gasteiger charge is -2.26. The second kappa shape index (κ2) is 6.19. The van der Waals surface area contributed by atoms with Crippen molar-refractivity contribution in [2.75, 3.05) is 13.1 Å². The molecule has 0 aliphatic carbocycles. The molecule has 1 saturated heterocycles. The molecule has 7 heteroatoms. The molecule has 19 heavy (non-hydrogen) atoms. The number of benzene rings is 1. The van der Waals surface area contributed by atoms with E-state index in [4.69, 9.17) is 34.8 Å². The Morgan fingerprint density at radius 2 is 1.68 bits per heavy atom. The van der Waals surface area contributed by atoms with E-state index < -0.39 is 10.0 Å². The summed E-state index contributed by atoms with van der Waals surface area (Å²) in [5.41, 5.74) is 0.573. The molecular weight excluding hydrogens is 329 g/mol. The number of piperidine rings is 1. The van der Waals surface area contributed by atoms with Crippen LogP contribution in [0.3, 0.4) is 0 Å². The number of sulfonamides is 1. The molecule has 1 heterocycles. The molecule has 0 radical (unpaired) electrons. The van der Waals surface area contributed by atoms with Crippen molar-refractivity contribution in [3.05, 3.63) is 27.7 Å². The third kappa shape index (κ3) is 3.19. The number of rotatable bonds is 3. The average Bonchev–Trinajstić information content (AvgIpc) is 2.39. The monoisotopic (exact) mass is 341 g/mol. The first-order chi connectivity index (χ1) is 8.96. The molecule has 2 rings (SSSR count). The average molecular weight is 343 g/mol. The molecule has 1 aliphatic rings. The number of alkyl halides is 1. The Balaban J connectivity index is 2.44. The van der Waals surface area contributed by atoms with Crippen LogP contribution < -0.4 is 0 Å². The summed E-state index contributed by atoms with van der Waals surface area (Å²) in [7, 11) is -3.56. The van der Waals surface area contributed by atoms with E-state index in [-0.39, 0.29) is 15.8 Å². The number of nitrogens with zero attached hydrogens (tertiary/aromatic N) is 1. The minimum absolute atomic E-state index is 0.0936. The van der Waals surface area contributed by atoms with E-state index in [0.717, 1.165) is 19.3 Å². The third-order valence-corrected chi connectivity index (χ3v) is 6.18. The normalized spacial score (nSPS) is 17.6. The zero-order valence-electron chi connectivity index (χ0n) is 10.2. The highest BCUT2D eigenvalue weighted by Gasteiger charge is 2.28. The zero-order chi connectivity index (χ0) is 14.0. The van der Waals surface area contributed by atoms with Crippen molar-refractivity contribution in [2.45, 2.75) is 30.0 Å². The van der Waals surface area contributed by atoms with Crippen LogP contribution in [0.1, 0.15) is 24.8 Å². The van der Waals surface area contributed by atoms with E-state index in [0.29, 0.717) is 23.7 Å². The molecule has 0 unspecified atom stereocenters. The summed E-state index contributed by atoms with van der Waals surface area (Å²) in [5.74, 6) is 0.151. The van der Waals surface area contributed by atoms with Crippen LogP contribution in [-0.2, 0) is 15.9 Å². The molecule has 0 bridgehead atoms. The fraction of sp³-hybridized carbons (Fsp3) is 0.500. The van der Waals surface area contributed by atoms with E-state index in [1.165, 1.54) is 16.4 Å². The van der Waals surface area contributed by atoms with Gasteiger partial charge in [0.05, 0.1) is 5.02 Å². The van der Waals surface area contributed by atoms with Gasteiger partial charge in [-0.25, -0.2) is 8.42 Å². The Labute approximate surface area is 128 Å². The first-order valence-corrected chi connectivity index (χ1v) is 8.74. The van der Waals surface area contributed by atoms with Crippen LogP contribution in [0, 0.1) is 0 Å². The van der Waals surface area contributed by atoms with Gasteiger partial charge >= 0.3 is 0 Å². The number of hydrogen-bond acceptors (Lipinski definition) is 2. The van der Waals surface area contributed by atoms with Crippen molar-refractivity contribution in [1.82, 2.24) is 4.31 Å². The molecule has 106 valence electrons. The molecular formula is C12H14Cl3NO2S. The lowest BCUT2D eigenvalue weighted by Crippen LogP contribution is -2.35. The van der Waals surface area contributed by atoms with Crippen molar-refractivity contribution in [1.29, 1.82) is 0 Å². The Bertz CT molecular complexity index is 569. The van der Waals surface area contributed by atoms with Gasteiger partial charge in [-0.3, -0.25) is 0 Å². The van der Waals surface area contributed by atoms with E-state index in [9.17, 15) is 8.42 Å². The highest BCUT2D eigenvalue weighted by atomic mass is 35.5. The van der Waals surface area contributed by atoms with Gasteiger partial charge in [0, 0.05) is 24.0 Å². The van der Waals surface area contributed by atoms with Crippen LogP contribution >= 0.6 is 34.8 Å². The van der Waals surface area contributed by atoms with E-state index in [1.807, 2.05) is 0 Å². The fourth-order valence-electron chi connectivity index (χ4n) is 2.12. The van der Waals surface area contributed by atoms with E-state index in [2.05, 4.69) is 0 Å². The smallest absolute Gasteiger partial charge is 0.207 e. The Morgan fingerprint density at radius 1 is 1.05 bits per heavy atom. The Kier molecular flexibility index (Phi) is 5.01. The maximum Gasteiger partial charge on any atom is 0.244 e. The molecule has 0 N–H and O–H groups in total. The first-order valence-electron chi connectivity index (χ1n) is 6.01. The topological polar surface area (TPSA) is 37.4 Å². The van der Waals surface area contributed by atoms with Crippen LogP contribution in [0.4, 0.5) is 0 Å². The van der Waals surface area contributed by atoms with E-state index in [1.54, 1.807) is 0 Å². The minimum Gasteiger partial charge on any atom is -0.207 e. The first kappa shape index (κ1) is 15.4. The maximum atomic E-state index is 12.5. The highest BCUT2D eigenvalue weighted by molar-refractivity contribution is 7.89. The second-order valence-electron chi connectivity index (χ2n) is 4.47. The molecule has 0 amide bonds.